The normalized spacial score (nSPS) is 12.1. The minimum Gasteiger partial charge on any atom is -0.491 e. The first-order valence-electron chi connectivity index (χ1n) is 8.99. The second-order valence-corrected chi connectivity index (χ2v) is 7.21. The number of anilines is 1. The van der Waals surface area contributed by atoms with Crippen molar-refractivity contribution >= 4 is 46.4 Å². The van der Waals surface area contributed by atoms with Gasteiger partial charge in [-0.25, -0.2) is 9.98 Å². The van der Waals surface area contributed by atoms with Crippen LogP contribution in [0.2, 0.25) is 0 Å². The maximum Gasteiger partial charge on any atom is 0.191 e. The molecule has 156 valence electrons. The second-order valence-electron chi connectivity index (χ2n) is 6.37. The number of benzene rings is 1. The summed E-state index contributed by atoms with van der Waals surface area (Å²) in [5.74, 6) is 1.40. The largest absolute Gasteiger partial charge is 0.491 e. The summed E-state index contributed by atoms with van der Waals surface area (Å²) in [6, 6.07) is 7.77. The van der Waals surface area contributed by atoms with E-state index in [9.17, 15) is 5.11 Å². The van der Waals surface area contributed by atoms with E-state index in [0.717, 1.165) is 28.7 Å². The van der Waals surface area contributed by atoms with E-state index < -0.39 is 6.10 Å². The van der Waals surface area contributed by atoms with Crippen LogP contribution in [0, 0.1) is 6.92 Å². The monoisotopic (exact) mass is 519 g/mol. The number of aliphatic imine (C=N–C) groups is 1. The molecule has 0 fully saturated rings. The molecule has 28 heavy (non-hydrogen) atoms. The van der Waals surface area contributed by atoms with E-state index in [2.05, 4.69) is 20.6 Å². The Morgan fingerprint density at radius 3 is 2.79 bits per heavy atom. The lowest BCUT2D eigenvalue weighted by atomic mass is 10.2. The van der Waals surface area contributed by atoms with Crippen molar-refractivity contribution in [3.63, 3.8) is 0 Å². The second kappa shape index (κ2) is 12.8. The number of nitrogens with zero attached hydrogens (tertiary/aromatic N) is 3. The number of guanidine groups is 1. The molecule has 1 atom stereocenters. The van der Waals surface area contributed by atoms with Crippen molar-refractivity contribution in [3.05, 3.63) is 40.9 Å². The highest BCUT2D eigenvalue weighted by Gasteiger charge is 2.08. The Morgan fingerprint density at radius 2 is 2.14 bits per heavy atom. The van der Waals surface area contributed by atoms with Crippen LogP contribution in [0.5, 0.6) is 5.75 Å². The molecule has 7 nitrogen and oxygen atoms in total. The summed E-state index contributed by atoms with van der Waals surface area (Å²) < 4.78 is 5.63. The van der Waals surface area contributed by atoms with Gasteiger partial charge in [0.15, 0.2) is 11.1 Å². The van der Waals surface area contributed by atoms with Crippen molar-refractivity contribution in [2.75, 3.05) is 38.7 Å². The quantitative estimate of drug-likeness (QED) is 0.269. The molecule has 0 radical (unpaired) electrons. The Labute approximate surface area is 188 Å². The number of hydrogen-bond donors (Lipinski definition) is 3. The maximum atomic E-state index is 10.2. The fourth-order valence-electron chi connectivity index (χ4n) is 2.25. The molecule has 0 bridgehead atoms. The van der Waals surface area contributed by atoms with Gasteiger partial charge in [-0.3, -0.25) is 0 Å². The molecule has 9 heteroatoms. The minimum atomic E-state index is -0.644. The van der Waals surface area contributed by atoms with Gasteiger partial charge in [0.25, 0.3) is 0 Å². The summed E-state index contributed by atoms with van der Waals surface area (Å²) in [5.41, 5.74) is 2.05. The third-order valence-corrected chi connectivity index (χ3v) is 4.66. The highest BCUT2D eigenvalue weighted by Crippen LogP contribution is 2.18. The van der Waals surface area contributed by atoms with Gasteiger partial charge in [-0.1, -0.05) is 12.1 Å². The van der Waals surface area contributed by atoms with E-state index in [4.69, 9.17) is 4.74 Å². The first kappa shape index (κ1) is 24.4. The molecule has 2 rings (SSSR count). The summed E-state index contributed by atoms with van der Waals surface area (Å²) in [6.45, 7) is 5.79. The third kappa shape index (κ3) is 8.61. The van der Waals surface area contributed by atoms with E-state index >= 15 is 0 Å². The molecule has 0 aliphatic heterocycles. The van der Waals surface area contributed by atoms with Gasteiger partial charge in [-0.15, -0.1) is 35.3 Å². The van der Waals surface area contributed by atoms with Gasteiger partial charge in [-0.2, -0.15) is 0 Å². The van der Waals surface area contributed by atoms with Crippen LogP contribution >= 0.6 is 35.3 Å². The van der Waals surface area contributed by atoms with Crippen LogP contribution < -0.4 is 20.3 Å². The number of aryl methyl sites for hydroxylation is 1. The summed E-state index contributed by atoms with van der Waals surface area (Å²) >= 11 is 1.59. The van der Waals surface area contributed by atoms with Crippen LogP contribution in [0.4, 0.5) is 5.13 Å². The molecule has 1 aromatic carbocycles. The van der Waals surface area contributed by atoms with Crippen molar-refractivity contribution in [3.8, 4) is 5.75 Å². The highest BCUT2D eigenvalue weighted by molar-refractivity contribution is 14.0. The smallest absolute Gasteiger partial charge is 0.191 e. The molecule has 1 heterocycles. The molecule has 0 amide bonds. The average molecular weight is 519 g/mol. The van der Waals surface area contributed by atoms with E-state index in [1.54, 1.807) is 11.3 Å². The molecule has 1 unspecified atom stereocenters. The van der Waals surface area contributed by atoms with Crippen LogP contribution in [-0.4, -0.2) is 55.9 Å². The van der Waals surface area contributed by atoms with Gasteiger partial charge in [-0.05, 0) is 31.5 Å². The number of hydrogen-bond acceptors (Lipinski definition) is 6. The number of ether oxygens (including phenoxy) is 1. The molecule has 0 aliphatic carbocycles. The van der Waals surface area contributed by atoms with Gasteiger partial charge in [0, 0.05) is 32.6 Å². The Balaban J connectivity index is 0.00000392. The standard InChI is InChI=1S/C19H29N5O2S.HI/c1-5-20-18(21-10-15-13-27-19(23-15)24(3)4)22-11-16(25)12-26-17-8-6-7-14(2)9-17;/h6-9,13,16,25H,5,10-12H2,1-4H3,(H2,20,21,22);1H. The van der Waals surface area contributed by atoms with Gasteiger partial charge in [0.2, 0.25) is 0 Å². The number of aromatic nitrogens is 1. The van der Waals surface area contributed by atoms with Crippen molar-refractivity contribution in [1.82, 2.24) is 15.6 Å². The van der Waals surface area contributed by atoms with E-state index in [1.165, 1.54) is 0 Å². The van der Waals surface area contributed by atoms with E-state index in [0.29, 0.717) is 19.0 Å². The van der Waals surface area contributed by atoms with Crippen LogP contribution in [0.3, 0.4) is 0 Å². The van der Waals surface area contributed by atoms with Crippen molar-refractivity contribution in [2.45, 2.75) is 26.5 Å². The molecule has 0 saturated carbocycles. The molecule has 0 aliphatic rings. The predicted molar refractivity (Wildman–Crippen MR) is 127 cm³/mol. The van der Waals surface area contributed by atoms with Crippen LogP contribution in [-0.2, 0) is 6.54 Å². The van der Waals surface area contributed by atoms with Gasteiger partial charge in [0.05, 0.1) is 12.2 Å². The molecular formula is C19H30IN5O2S. The number of nitrogens with one attached hydrogen (secondary N) is 2. The molecule has 3 N–H and O–H groups in total. The van der Waals surface area contributed by atoms with Crippen molar-refractivity contribution in [1.29, 1.82) is 0 Å². The lowest BCUT2D eigenvalue weighted by Gasteiger charge is -2.16. The van der Waals surface area contributed by atoms with Gasteiger partial charge >= 0.3 is 0 Å². The lowest BCUT2D eigenvalue weighted by Crippen LogP contribution is -2.42. The van der Waals surface area contributed by atoms with Crippen LogP contribution in [0.1, 0.15) is 18.2 Å². The Morgan fingerprint density at radius 1 is 1.36 bits per heavy atom. The first-order valence-corrected chi connectivity index (χ1v) is 9.87. The highest BCUT2D eigenvalue weighted by atomic mass is 127. The number of thiazole rings is 1. The van der Waals surface area contributed by atoms with E-state index in [-0.39, 0.29) is 30.6 Å². The fourth-order valence-corrected chi connectivity index (χ4v) is 3.00. The SMILES string of the molecule is CCNC(=NCc1csc(N(C)C)n1)NCC(O)COc1cccc(C)c1.I. The number of rotatable bonds is 9. The zero-order chi connectivity index (χ0) is 19.6. The molecule has 0 spiro atoms. The zero-order valence-corrected chi connectivity index (χ0v) is 20.0. The Kier molecular flexibility index (Phi) is 11.2. The summed E-state index contributed by atoms with van der Waals surface area (Å²) in [7, 11) is 3.94. The summed E-state index contributed by atoms with van der Waals surface area (Å²) in [6.07, 6.45) is -0.644. The first-order chi connectivity index (χ1) is 13.0. The molecule has 1 aromatic heterocycles. The predicted octanol–water partition coefficient (Wildman–Crippen LogP) is 2.63. The van der Waals surface area contributed by atoms with Crippen molar-refractivity contribution < 1.29 is 9.84 Å². The van der Waals surface area contributed by atoms with Crippen molar-refractivity contribution in [2.24, 2.45) is 4.99 Å². The van der Waals surface area contributed by atoms with Crippen LogP contribution in [0.25, 0.3) is 0 Å². The summed E-state index contributed by atoms with van der Waals surface area (Å²) in [4.78, 5) is 11.0. The topological polar surface area (TPSA) is 82.0 Å². The zero-order valence-electron chi connectivity index (χ0n) is 16.8. The number of aliphatic hydroxyl groups excluding tert-OH is 1. The lowest BCUT2D eigenvalue weighted by molar-refractivity contribution is 0.110. The summed E-state index contributed by atoms with van der Waals surface area (Å²) in [5, 5.41) is 19.4. The Hall–Kier alpha value is -1.59. The Bertz CT molecular complexity index is 739. The third-order valence-electron chi connectivity index (χ3n) is 3.60. The average Bonchev–Trinajstić information content (AvgIpc) is 3.12. The fraction of sp³-hybridized carbons (Fsp3) is 0.474. The van der Waals surface area contributed by atoms with Gasteiger partial charge in [0.1, 0.15) is 18.5 Å². The van der Waals surface area contributed by atoms with Crippen LogP contribution in [0.15, 0.2) is 34.6 Å². The molecule has 2 aromatic rings. The van der Waals surface area contributed by atoms with Gasteiger partial charge < -0.3 is 25.4 Å². The maximum absolute atomic E-state index is 10.2. The number of halogens is 1. The molecule has 0 saturated heterocycles. The van der Waals surface area contributed by atoms with E-state index in [1.807, 2.05) is 62.5 Å². The molecular weight excluding hydrogens is 489 g/mol. The number of aliphatic hydroxyl groups is 1. The minimum absolute atomic E-state index is 0.